The summed E-state index contributed by atoms with van der Waals surface area (Å²) in [5, 5.41) is 15.9. The fourth-order valence-electron chi connectivity index (χ4n) is 1.83. The topological polar surface area (TPSA) is 66.9 Å². The Labute approximate surface area is 153 Å². The van der Waals surface area contributed by atoms with Crippen molar-refractivity contribution in [1.29, 1.82) is 0 Å². The second kappa shape index (κ2) is 8.73. The van der Waals surface area contributed by atoms with Gasteiger partial charge in [0.2, 0.25) is 11.0 Å². The highest BCUT2D eigenvalue weighted by Crippen LogP contribution is 2.27. The number of carbonyl (C=O) groups excluding carboxylic acids is 1. The van der Waals surface area contributed by atoms with Crippen LogP contribution in [0.4, 0.5) is 5.13 Å². The Morgan fingerprint density at radius 1 is 1.39 bits per heavy atom. The third-order valence-corrected chi connectivity index (χ3v) is 5.44. The summed E-state index contributed by atoms with van der Waals surface area (Å²) in [6.07, 6.45) is 0. The van der Waals surface area contributed by atoms with Gasteiger partial charge in [-0.1, -0.05) is 52.4 Å². The quantitative estimate of drug-likeness (QED) is 0.691. The van der Waals surface area contributed by atoms with E-state index in [-0.39, 0.29) is 17.7 Å². The number of thioether (sulfide) groups is 1. The summed E-state index contributed by atoms with van der Waals surface area (Å²) >= 11 is 14.8. The molecular formula is C14H16Cl2N4OS2. The van der Waals surface area contributed by atoms with Crippen LogP contribution in [0.2, 0.25) is 10.0 Å². The molecule has 0 radical (unpaired) electrons. The number of hydrogen-bond donors (Lipinski definition) is 2. The van der Waals surface area contributed by atoms with Gasteiger partial charge < -0.3 is 10.6 Å². The second-order valence-corrected chi connectivity index (χ2v) is 7.69. The molecule has 1 amide bonds. The lowest BCUT2D eigenvalue weighted by Gasteiger charge is -2.15. The first kappa shape index (κ1) is 18.3. The zero-order valence-electron chi connectivity index (χ0n) is 12.6. The van der Waals surface area contributed by atoms with E-state index in [1.54, 1.807) is 12.1 Å². The number of amides is 1. The molecule has 0 fully saturated rings. The van der Waals surface area contributed by atoms with Crippen molar-refractivity contribution in [3.8, 4) is 0 Å². The van der Waals surface area contributed by atoms with E-state index in [2.05, 4.69) is 20.8 Å². The zero-order valence-corrected chi connectivity index (χ0v) is 15.7. The van der Waals surface area contributed by atoms with Crippen molar-refractivity contribution in [1.82, 2.24) is 15.5 Å². The van der Waals surface area contributed by atoms with Gasteiger partial charge >= 0.3 is 0 Å². The van der Waals surface area contributed by atoms with Gasteiger partial charge in [0, 0.05) is 16.6 Å². The summed E-state index contributed by atoms with van der Waals surface area (Å²) in [4.78, 5) is 12.1. The largest absolute Gasteiger partial charge is 0.360 e. The molecule has 0 aliphatic rings. The van der Waals surface area contributed by atoms with Crippen LogP contribution in [0, 0.1) is 0 Å². The van der Waals surface area contributed by atoms with Crippen LogP contribution in [0.15, 0.2) is 22.5 Å². The Bertz CT molecular complexity index is 681. The number of benzene rings is 1. The first-order valence-corrected chi connectivity index (χ1v) is 9.50. The van der Waals surface area contributed by atoms with Gasteiger partial charge in [0.15, 0.2) is 4.34 Å². The number of nitrogens with one attached hydrogen (secondary N) is 2. The highest BCUT2D eigenvalue weighted by atomic mass is 35.5. The average Bonchev–Trinajstić information content (AvgIpc) is 2.93. The van der Waals surface area contributed by atoms with Gasteiger partial charge in [-0.05, 0) is 31.5 Å². The summed E-state index contributed by atoms with van der Waals surface area (Å²) in [5.74, 6) is 0.185. The van der Waals surface area contributed by atoms with Gasteiger partial charge in [-0.25, -0.2) is 0 Å². The number of carbonyl (C=O) groups is 1. The maximum absolute atomic E-state index is 12.1. The molecule has 1 aromatic heterocycles. The molecule has 0 bridgehead atoms. The third kappa shape index (κ3) is 5.53. The minimum Gasteiger partial charge on any atom is -0.360 e. The Balaban J connectivity index is 1.86. The van der Waals surface area contributed by atoms with E-state index in [0.717, 1.165) is 21.6 Å². The van der Waals surface area contributed by atoms with Crippen LogP contribution < -0.4 is 10.6 Å². The highest BCUT2D eigenvalue weighted by molar-refractivity contribution is 8.01. The first-order chi connectivity index (χ1) is 11.0. The molecule has 9 heteroatoms. The minimum atomic E-state index is -0.195. The lowest BCUT2D eigenvalue weighted by molar-refractivity contribution is -0.119. The summed E-state index contributed by atoms with van der Waals surface area (Å²) in [6.45, 7) is 4.66. The molecule has 1 heterocycles. The molecule has 2 aromatic rings. The number of hydrogen-bond acceptors (Lipinski definition) is 6. The minimum absolute atomic E-state index is 0.0892. The number of anilines is 1. The molecule has 1 unspecified atom stereocenters. The monoisotopic (exact) mass is 390 g/mol. The molecule has 1 aromatic carbocycles. The molecule has 23 heavy (non-hydrogen) atoms. The van der Waals surface area contributed by atoms with Crippen LogP contribution >= 0.6 is 46.3 Å². The van der Waals surface area contributed by atoms with Gasteiger partial charge in [-0.15, -0.1) is 10.2 Å². The summed E-state index contributed by atoms with van der Waals surface area (Å²) in [6, 6.07) is 5.04. The Morgan fingerprint density at radius 2 is 2.17 bits per heavy atom. The van der Waals surface area contributed by atoms with E-state index in [0.29, 0.717) is 10.0 Å². The fraction of sp³-hybridized carbons (Fsp3) is 0.357. The molecule has 5 nitrogen and oxygen atoms in total. The van der Waals surface area contributed by atoms with Crippen molar-refractivity contribution in [3.63, 3.8) is 0 Å². The molecule has 0 saturated heterocycles. The lowest BCUT2D eigenvalue weighted by atomic mass is 10.1. The van der Waals surface area contributed by atoms with E-state index in [1.807, 2.05) is 19.9 Å². The van der Waals surface area contributed by atoms with Crippen molar-refractivity contribution in [2.75, 3.05) is 17.6 Å². The number of nitrogens with zero attached hydrogens (tertiary/aromatic N) is 2. The molecule has 2 N–H and O–H groups in total. The van der Waals surface area contributed by atoms with Crippen LogP contribution in [0.5, 0.6) is 0 Å². The summed E-state index contributed by atoms with van der Waals surface area (Å²) in [5.41, 5.74) is 0.833. The van der Waals surface area contributed by atoms with Crippen LogP contribution in [-0.2, 0) is 4.79 Å². The molecule has 0 spiro atoms. The Hall–Kier alpha value is -1.02. The standard InChI is InChI=1S/C14H16Cl2N4OS2/c1-3-17-13-19-20-14(23-13)22-7-12(21)18-8(2)10-5-4-9(15)6-11(10)16/h4-6,8H,3,7H2,1-2H3,(H,17,19)(H,18,21). The number of halogens is 2. The Kier molecular flexibility index (Phi) is 6.95. The number of rotatable bonds is 7. The average molecular weight is 391 g/mol. The van der Waals surface area contributed by atoms with Crippen LogP contribution in [0.25, 0.3) is 0 Å². The lowest BCUT2D eigenvalue weighted by Crippen LogP contribution is -2.28. The van der Waals surface area contributed by atoms with Gasteiger partial charge in [0.1, 0.15) is 0 Å². The van der Waals surface area contributed by atoms with Crippen molar-refractivity contribution in [3.05, 3.63) is 33.8 Å². The zero-order chi connectivity index (χ0) is 16.8. The van der Waals surface area contributed by atoms with Crippen molar-refractivity contribution in [2.24, 2.45) is 0 Å². The molecule has 0 saturated carbocycles. The normalized spacial score (nSPS) is 12.0. The van der Waals surface area contributed by atoms with Gasteiger partial charge in [0.05, 0.1) is 11.8 Å². The van der Waals surface area contributed by atoms with E-state index >= 15 is 0 Å². The van der Waals surface area contributed by atoms with Crippen LogP contribution in [0.1, 0.15) is 25.5 Å². The predicted molar refractivity (Wildman–Crippen MR) is 97.8 cm³/mol. The summed E-state index contributed by atoms with van der Waals surface area (Å²) < 4.78 is 0.758. The van der Waals surface area contributed by atoms with Crippen molar-refractivity contribution in [2.45, 2.75) is 24.2 Å². The molecule has 124 valence electrons. The third-order valence-electron chi connectivity index (χ3n) is 2.87. The highest BCUT2D eigenvalue weighted by Gasteiger charge is 2.14. The fourth-order valence-corrected chi connectivity index (χ4v) is 4.03. The molecule has 2 rings (SSSR count). The number of aromatic nitrogens is 2. The van der Waals surface area contributed by atoms with Gasteiger partial charge in [-0.2, -0.15) is 0 Å². The summed E-state index contributed by atoms with van der Waals surface area (Å²) in [7, 11) is 0. The van der Waals surface area contributed by atoms with E-state index in [1.165, 1.54) is 23.1 Å². The molecule has 1 atom stereocenters. The maximum Gasteiger partial charge on any atom is 0.230 e. The maximum atomic E-state index is 12.1. The SMILES string of the molecule is CCNc1nnc(SCC(=O)NC(C)c2ccc(Cl)cc2Cl)s1. The molecular weight excluding hydrogens is 375 g/mol. The van der Waals surface area contributed by atoms with E-state index in [4.69, 9.17) is 23.2 Å². The molecule has 0 aliphatic heterocycles. The second-order valence-electron chi connectivity index (χ2n) is 4.65. The van der Waals surface area contributed by atoms with Crippen LogP contribution in [0.3, 0.4) is 0 Å². The molecule has 0 aliphatic carbocycles. The predicted octanol–water partition coefficient (Wildman–Crippen LogP) is 4.25. The van der Waals surface area contributed by atoms with E-state index in [9.17, 15) is 4.79 Å². The smallest absolute Gasteiger partial charge is 0.230 e. The first-order valence-electron chi connectivity index (χ1n) is 6.94. The van der Waals surface area contributed by atoms with Gasteiger partial charge in [0.25, 0.3) is 0 Å². The van der Waals surface area contributed by atoms with E-state index < -0.39 is 0 Å². The van der Waals surface area contributed by atoms with Crippen molar-refractivity contribution < 1.29 is 4.79 Å². The van der Waals surface area contributed by atoms with Gasteiger partial charge in [-0.3, -0.25) is 4.79 Å². The van der Waals surface area contributed by atoms with Crippen molar-refractivity contribution >= 4 is 57.3 Å². The van der Waals surface area contributed by atoms with Crippen LogP contribution in [-0.4, -0.2) is 28.4 Å². The Morgan fingerprint density at radius 3 is 2.87 bits per heavy atom.